The molecule has 0 spiro atoms. The highest BCUT2D eigenvalue weighted by molar-refractivity contribution is 5.14. The predicted molar refractivity (Wildman–Crippen MR) is 79.9 cm³/mol. The summed E-state index contributed by atoms with van der Waals surface area (Å²) in [5.74, 6) is 0. The molecular weight excluding hydrogens is 290 g/mol. The number of nitrogens with zero attached hydrogens (tertiary/aromatic N) is 1. The van der Waals surface area contributed by atoms with E-state index >= 15 is 0 Å². The first-order chi connectivity index (χ1) is 10.5. The van der Waals surface area contributed by atoms with Crippen LogP contribution in [0.4, 0.5) is 0 Å². The van der Waals surface area contributed by atoms with Crippen molar-refractivity contribution >= 4 is 0 Å². The van der Waals surface area contributed by atoms with Crippen LogP contribution in [0.3, 0.4) is 0 Å². The second kappa shape index (κ2) is 9.86. The number of rotatable bonds is 10. The lowest BCUT2D eigenvalue weighted by Crippen LogP contribution is -2.46. The highest BCUT2D eigenvalue weighted by atomic mass is 16.4. The molecule has 0 heterocycles. The van der Waals surface area contributed by atoms with E-state index in [1.165, 1.54) is 0 Å². The van der Waals surface area contributed by atoms with E-state index in [2.05, 4.69) is 0 Å². The second-order valence-corrected chi connectivity index (χ2v) is 5.31. The maximum absolute atomic E-state index is 9.83. The summed E-state index contributed by atoms with van der Waals surface area (Å²) in [7, 11) is 0. The van der Waals surface area contributed by atoms with Crippen LogP contribution in [0.15, 0.2) is 30.3 Å². The van der Waals surface area contributed by atoms with Crippen molar-refractivity contribution in [2.45, 2.75) is 31.0 Å². The summed E-state index contributed by atoms with van der Waals surface area (Å²) in [5.41, 5.74) is 0.930. The van der Waals surface area contributed by atoms with E-state index in [0.29, 0.717) is 6.54 Å². The van der Waals surface area contributed by atoms with Crippen LogP contribution < -0.4 is 0 Å². The lowest BCUT2D eigenvalue weighted by molar-refractivity contribution is -0.0553. The van der Waals surface area contributed by atoms with Crippen molar-refractivity contribution in [3.05, 3.63) is 35.9 Å². The average Bonchev–Trinajstić information content (AvgIpc) is 2.53. The van der Waals surface area contributed by atoms with Crippen LogP contribution >= 0.6 is 0 Å². The standard InChI is InChI=1S/C15H25NO6/c17-9-14(21)12(19)7-16(8-13(20)15(22)10-18)6-11-4-2-1-3-5-11/h1-5,12-15,17-22H,6-10H2. The summed E-state index contributed by atoms with van der Waals surface area (Å²) in [6.45, 7) is -0.743. The maximum atomic E-state index is 9.83. The molecule has 0 fully saturated rings. The average molecular weight is 315 g/mol. The smallest absolute Gasteiger partial charge is 0.104 e. The van der Waals surface area contributed by atoms with Crippen LogP contribution in [0, 0.1) is 0 Å². The Balaban J connectivity index is 2.71. The maximum Gasteiger partial charge on any atom is 0.104 e. The molecule has 0 bridgehead atoms. The largest absolute Gasteiger partial charge is 0.394 e. The molecule has 7 nitrogen and oxygen atoms in total. The topological polar surface area (TPSA) is 125 Å². The molecule has 0 aromatic heterocycles. The van der Waals surface area contributed by atoms with E-state index < -0.39 is 37.6 Å². The predicted octanol–water partition coefficient (Wildman–Crippen LogP) is -2.08. The first kappa shape index (κ1) is 19.0. The number of aliphatic hydroxyl groups excluding tert-OH is 6. The molecule has 1 aromatic rings. The van der Waals surface area contributed by atoms with Crippen molar-refractivity contribution in [3.63, 3.8) is 0 Å². The van der Waals surface area contributed by atoms with Gasteiger partial charge in [-0.05, 0) is 5.56 Å². The van der Waals surface area contributed by atoms with Gasteiger partial charge in [-0.1, -0.05) is 30.3 Å². The van der Waals surface area contributed by atoms with Crippen molar-refractivity contribution in [3.8, 4) is 0 Å². The van der Waals surface area contributed by atoms with E-state index in [-0.39, 0.29) is 13.1 Å². The summed E-state index contributed by atoms with van der Waals surface area (Å²) in [6, 6.07) is 9.31. The van der Waals surface area contributed by atoms with Crippen molar-refractivity contribution in [2.75, 3.05) is 26.3 Å². The molecule has 0 amide bonds. The minimum absolute atomic E-state index is 0.00578. The third kappa shape index (κ3) is 6.37. The van der Waals surface area contributed by atoms with Gasteiger partial charge in [0.25, 0.3) is 0 Å². The van der Waals surface area contributed by atoms with Gasteiger partial charge < -0.3 is 30.6 Å². The highest BCUT2D eigenvalue weighted by Crippen LogP contribution is 2.09. The van der Waals surface area contributed by atoms with Gasteiger partial charge in [-0.15, -0.1) is 0 Å². The van der Waals surface area contributed by atoms with E-state index in [9.17, 15) is 20.4 Å². The fourth-order valence-electron chi connectivity index (χ4n) is 2.06. The molecule has 4 atom stereocenters. The summed E-state index contributed by atoms with van der Waals surface area (Å²) in [4.78, 5) is 1.64. The van der Waals surface area contributed by atoms with Crippen LogP contribution in [0.2, 0.25) is 0 Å². The van der Waals surface area contributed by atoms with Gasteiger partial charge in [-0.25, -0.2) is 0 Å². The zero-order chi connectivity index (χ0) is 16.5. The molecule has 0 aliphatic rings. The Morgan fingerprint density at radius 3 is 1.59 bits per heavy atom. The molecule has 4 unspecified atom stereocenters. The number of hydrogen-bond donors (Lipinski definition) is 6. The third-order valence-electron chi connectivity index (χ3n) is 3.40. The zero-order valence-electron chi connectivity index (χ0n) is 12.4. The van der Waals surface area contributed by atoms with Crippen LogP contribution in [0.1, 0.15) is 5.56 Å². The van der Waals surface area contributed by atoms with E-state index in [1.807, 2.05) is 30.3 Å². The summed E-state index contributed by atoms with van der Waals surface area (Å²) >= 11 is 0. The minimum Gasteiger partial charge on any atom is -0.394 e. The summed E-state index contributed by atoms with van der Waals surface area (Å²) in [6.07, 6.45) is -4.93. The van der Waals surface area contributed by atoms with Crippen LogP contribution in [-0.2, 0) is 6.54 Å². The second-order valence-electron chi connectivity index (χ2n) is 5.31. The molecule has 0 aliphatic carbocycles. The SMILES string of the molecule is OCC(O)C(O)CN(Cc1ccccc1)CC(O)C(O)CO. The van der Waals surface area contributed by atoms with Crippen LogP contribution in [0.25, 0.3) is 0 Å². The van der Waals surface area contributed by atoms with Crippen LogP contribution in [0.5, 0.6) is 0 Å². The Morgan fingerprint density at radius 1 is 0.727 bits per heavy atom. The Labute approximate surface area is 129 Å². The van der Waals surface area contributed by atoms with E-state index in [1.54, 1.807) is 4.90 Å². The fourth-order valence-corrected chi connectivity index (χ4v) is 2.06. The van der Waals surface area contributed by atoms with Crippen molar-refractivity contribution in [1.82, 2.24) is 4.90 Å². The van der Waals surface area contributed by atoms with Gasteiger partial charge in [0.2, 0.25) is 0 Å². The molecule has 1 aromatic carbocycles. The molecule has 0 saturated heterocycles. The molecule has 126 valence electrons. The quantitative estimate of drug-likeness (QED) is 0.293. The molecule has 0 radical (unpaired) electrons. The minimum atomic E-state index is -1.28. The first-order valence-electron chi connectivity index (χ1n) is 7.18. The van der Waals surface area contributed by atoms with Crippen molar-refractivity contribution < 1.29 is 30.6 Å². The van der Waals surface area contributed by atoms with Gasteiger partial charge in [-0.2, -0.15) is 0 Å². The monoisotopic (exact) mass is 315 g/mol. The third-order valence-corrected chi connectivity index (χ3v) is 3.40. The molecule has 0 aliphatic heterocycles. The summed E-state index contributed by atoms with van der Waals surface area (Å²) in [5, 5.41) is 56.3. The van der Waals surface area contributed by atoms with Gasteiger partial charge in [0, 0.05) is 19.6 Å². The van der Waals surface area contributed by atoms with Gasteiger partial charge in [-0.3, -0.25) is 4.90 Å². The molecule has 7 heteroatoms. The Bertz CT molecular complexity index is 386. The normalized spacial score (nSPS) is 17.2. The van der Waals surface area contributed by atoms with Gasteiger partial charge in [0.1, 0.15) is 12.2 Å². The summed E-state index contributed by atoms with van der Waals surface area (Å²) < 4.78 is 0. The molecule has 22 heavy (non-hydrogen) atoms. The zero-order valence-corrected chi connectivity index (χ0v) is 12.4. The number of benzene rings is 1. The Hall–Kier alpha value is -1.06. The van der Waals surface area contributed by atoms with Crippen LogP contribution in [-0.4, -0.2) is 86.3 Å². The van der Waals surface area contributed by atoms with Crippen molar-refractivity contribution in [2.24, 2.45) is 0 Å². The molecule has 6 N–H and O–H groups in total. The van der Waals surface area contributed by atoms with E-state index in [0.717, 1.165) is 5.56 Å². The van der Waals surface area contributed by atoms with Crippen molar-refractivity contribution in [1.29, 1.82) is 0 Å². The first-order valence-corrected chi connectivity index (χ1v) is 7.18. The van der Waals surface area contributed by atoms with Gasteiger partial charge in [0.15, 0.2) is 0 Å². The lowest BCUT2D eigenvalue weighted by Gasteiger charge is -2.29. The fraction of sp³-hybridized carbons (Fsp3) is 0.600. The number of aliphatic hydroxyl groups is 6. The number of hydrogen-bond acceptors (Lipinski definition) is 7. The molecule has 1 rings (SSSR count). The highest BCUT2D eigenvalue weighted by Gasteiger charge is 2.23. The Kier molecular flexibility index (Phi) is 8.51. The van der Waals surface area contributed by atoms with Gasteiger partial charge in [0.05, 0.1) is 25.4 Å². The molecular formula is C15H25NO6. The molecule has 0 saturated carbocycles. The van der Waals surface area contributed by atoms with Gasteiger partial charge >= 0.3 is 0 Å². The lowest BCUT2D eigenvalue weighted by atomic mass is 10.1. The van der Waals surface area contributed by atoms with E-state index in [4.69, 9.17) is 10.2 Å². The Morgan fingerprint density at radius 2 is 1.18 bits per heavy atom.